The summed E-state index contributed by atoms with van der Waals surface area (Å²) in [5.74, 6) is 0.655. The van der Waals surface area contributed by atoms with Crippen molar-refractivity contribution in [2.75, 3.05) is 13.1 Å². The van der Waals surface area contributed by atoms with E-state index in [4.69, 9.17) is 4.98 Å². The molecule has 2 fully saturated rings. The Kier molecular flexibility index (Phi) is 3.82. The van der Waals surface area contributed by atoms with Gasteiger partial charge in [0, 0.05) is 43.3 Å². The summed E-state index contributed by atoms with van der Waals surface area (Å²) >= 11 is 0. The Hall–Kier alpha value is -1.52. The van der Waals surface area contributed by atoms with Crippen LogP contribution in [0.4, 0.5) is 0 Å². The molecule has 2 aliphatic rings. The minimum Gasteiger partial charge on any atom is -0.311 e. The normalized spacial score (nSPS) is 27.3. The monoisotopic (exact) mass is 310 g/mol. The largest absolute Gasteiger partial charge is 0.311 e. The second kappa shape index (κ2) is 5.84. The van der Waals surface area contributed by atoms with Crippen molar-refractivity contribution in [3.8, 4) is 0 Å². The van der Waals surface area contributed by atoms with Crippen LogP contribution in [0.15, 0.2) is 24.4 Å². The second-order valence-corrected chi connectivity index (χ2v) is 7.35. The quantitative estimate of drug-likeness (QED) is 0.945. The molecule has 1 aromatic carbocycles. The number of piperazine rings is 1. The molecule has 3 atom stereocenters. The summed E-state index contributed by atoms with van der Waals surface area (Å²) in [6.45, 7) is 9.04. The number of nitrogens with one attached hydrogen (secondary N) is 1. The van der Waals surface area contributed by atoms with Crippen LogP contribution in [0.2, 0.25) is 0 Å². The van der Waals surface area contributed by atoms with Gasteiger partial charge in [0.15, 0.2) is 0 Å². The van der Waals surface area contributed by atoms with Crippen molar-refractivity contribution in [2.24, 2.45) is 0 Å². The molecule has 1 aromatic heterocycles. The summed E-state index contributed by atoms with van der Waals surface area (Å²) < 4.78 is 0. The lowest BCUT2D eigenvalue weighted by Gasteiger charge is -2.41. The fraction of sp³-hybridized carbons (Fsp3) is 0.579. The van der Waals surface area contributed by atoms with E-state index in [0.29, 0.717) is 24.0 Å². The summed E-state index contributed by atoms with van der Waals surface area (Å²) in [6.07, 6.45) is 4.50. The standard InChI is InChI=1S/C19H26N4/c1-12-11-23(13(2)9-20-12)14(3)16-6-7-17-18(8-16)22-19(10-21-17)15-4-5-15/h6-8,10,12-15,20H,4-5,9,11H2,1-3H3/t12-,13+,14?/m0/s1. The van der Waals surface area contributed by atoms with Gasteiger partial charge in [0.05, 0.1) is 16.7 Å². The molecule has 4 rings (SSSR count). The molecule has 1 N–H and O–H groups in total. The van der Waals surface area contributed by atoms with Gasteiger partial charge in [0.1, 0.15) is 0 Å². The van der Waals surface area contributed by atoms with E-state index in [0.717, 1.165) is 24.1 Å². The molecule has 23 heavy (non-hydrogen) atoms. The first kappa shape index (κ1) is 15.0. The number of nitrogens with zero attached hydrogens (tertiary/aromatic N) is 3. The van der Waals surface area contributed by atoms with Gasteiger partial charge < -0.3 is 5.32 Å². The molecular formula is C19H26N4. The van der Waals surface area contributed by atoms with E-state index >= 15 is 0 Å². The molecule has 2 aromatic rings. The van der Waals surface area contributed by atoms with Crippen molar-refractivity contribution in [2.45, 2.75) is 57.7 Å². The third kappa shape index (κ3) is 2.98. The van der Waals surface area contributed by atoms with Crippen LogP contribution < -0.4 is 5.32 Å². The molecular weight excluding hydrogens is 284 g/mol. The molecule has 2 heterocycles. The van der Waals surface area contributed by atoms with Crippen molar-refractivity contribution in [3.05, 3.63) is 35.7 Å². The van der Waals surface area contributed by atoms with Crippen LogP contribution in [0, 0.1) is 0 Å². The summed E-state index contributed by atoms with van der Waals surface area (Å²) in [5.41, 5.74) is 4.58. The fourth-order valence-corrected chi connectivity index (χ4v) is 3.66. The molecule has 4 nitrogen and oxygen atoms in total. The summed E-state index contributed by atoms with van der Waals surface area (Å²) in [6, 6.07) is 8.11. The zero-order chi connectivity index (χ0) is 16.0. The van der Waals surface area contributed by atoms with Gasteiger partial charge in [0.2, 0.25) is 0 Å². The first-order valence-electron chi connectivity index (χ1n) is 8.87. The van der Waals surface area contributed by atoms with Gasteiger partial charge >= 0.3 is 0 Å². The fourth-order valence-electron chi connectivity index (χ4n) is 3.66. The van der Waals surface area contributed by atoms with Gasteiger partial charge in [-0.2, -0.15) is 0 Å². The van der Waals surface area contributed by atoms with E-state index in [1.807, 2.05) is 6.20 Å². The van der Waals surface area contributed by atoms with Crippen LogP contribution in [0.25, 0.3) is 11.0 Å². The molecule has 1 aliphatic carbocycles. The predicted molar refractivity (Wildman–Crippen MR) is 93.6 cm³/mol. The third-order valence-corrected chi connectivity index (χ3v) is 5.37. The van der Waals surface area contributed by atoms with Crippen molar-refractivity contribution < 1.29 is 0 Å². The SMILES string of the molecule is CC(c1ccc2ncc(C3CC3)nc2c1)N1C[C@H](C)NC[C@H]1C. The molecule has 0 radical (unpaired) electrons. The van der Waals surface area contributed by atoms with E-state index < -0.39 is 0 Å². The van der Waals surface area contributed by atoms with E-state index in [2.05, 4.69) is 54.2 Å². The summed E-state index contributed by atoms with van der Waals surface area (Å²) in [7, 11) is 0. The molecule has 1 unspecified atom stereocenters. The number of hydrogen-bond donors (Lipinski definition) is 1. The zero-order valence-electron chi connectivity index (χ0n) is 14.3. The highest BCUT2D eigenvalue weighted by atomic mass is 15.2. The van der Waals surface area contributed by atoms with Crippen LogP contribution in [-0.2, 0) is 0 Å². The van der Waals surface area contributed by atoms with Gasteiger partial charge in [0.25, 0.3) is 0 Å². The molecule has 4 heteroatoms. The van der Waals surface area contributed by atoms with E-state index in [9.17, 15) is 0 Å². The van der Waals surface area contributed by atoms with Crippen molar-refractivity contribution in [1.82, 2.24) is 20.2 Å². The lowest BCUT2D eigenvalue weighted by atomic mass is 10.0. The number of rotatable bonds is 3. The third-order valence-electron chi connectivity index (χ3n) is 5.37. The van der Waals surface area contributed by atoms with E-state index in [1.54, 1.807) is 0 Å². The number of fused-ring (bicyclic) bond motifs is 1. The Labute approximate surface area is 138 Å². The number of benzene rings is 1. The van der Waals surface area contributed by atoms with Crippen molar-refractivity contribution in [3.63, 3.8) is 0 Å². The Morgan fingerprint density at radius 3 is 2.83 bits per heavy atom. The van der Waals surface area contributed by atoms with Gasteiger partial charge in [-0.05, 0) is 51.3 Å². The molecule has 1 saturated carbocycles. The van der Waals surface area contributed by atoms with Gasteiger partial charge in [-0.1, -0.05) is 6.07 Å². The molecule has 1 aliphatic heterocycles. The lowest BCUT2D eigenvalue weighted by molar-refractivity contribution is 0.103. The maximum Gasteiger partial charge on any atom is 0.0893 e. The lowest BCUT2D eigenvalue weighted by Crippen LogP contribution is -2.54. The van der Waals surface area contributed by atoms with Crippen molar-refractivity contribution >= 4 is 11.0 Å². The second-order valence-electron chi connectivity index (χ2n) is 7.35. The smallest absolute Gasteiger partial charge is 0.0893 e. The topological polar surface area (TPSA) is 41.1 Å². The average molecular weight is 310 g/mol. The Bertz CT molecular complexity index is 710. The summed E-state index contributed by atoms with van der Waals surface area (Å²) in [4.78, 5) is 12.1. The zero-order valence-corrected chi connectivity index (χ0v) is 14.3. The van der Waals surface area contributed by atoms with Crippen LogP contribution in [0.1, 0.15) is 56.8 Å². The molecule has 0 spiro atoms. The van der Waals surface area contributed by atoms with E-state index in [1.165, 1.54) is 24.1 Å². The molecule has 1 saturated heterocycles. The van der Waals surface area contributed by atoms with E-state index in [-0.39, 0.29) is 0 Å². The van der Waals surface area contributed by atoms with Crippen LogP contribution in [0.3, 0.4) is 0 Å². The Balaban J connectivity index is 1.64. The average Bonchev–Trinajstić information content (AvgIpc) is 3.40. The summed E-state index contributed by atoms with van der Waals surface area (Å²) in [5, 5.41) is 3.56. The van der Waals surface area contributed by atoms with Gasteiger partial charge in [-0.3, -0.25) is 9.88 Å². The molecule has 0 amide bonds. The number of aromatic nitrogens is 2. The van der Waals surface area contributed by atoms with Crippen molar-refractivity contribution in [1.29, 1.82) is 0 Å². The van der Waals surface area contributed by atoms with Crippen LogP contribution >= 0.6 is 0 Å². The highest BCUT2D eigenvalue weighted by Crippen LogP contribution is 2.39. The Morgan fingerprint density at radius 1 is 1.22 bits per heavy atom. The minimum atomic E-state index is 0.408. The molecule has 122 valence electrons. The maximum atomic E-state index is 4.87. The van der Waals surface area contributed by atoms with Gasteiger partial charge in [-0.15, -0.1) is 0 Å². The first-order valence-corrected chi connectivity index (χ1v) is 8.87. The highest BCUT2D eigenvalue weighted by Gasteiger charge is 2.28. The van der Waals surface area contributed by atoms with Crippen LogP contribution in [0.5, 0.6) is 0 Å². The first-order chi connectivity index (χ1) is 11.1. The predicted octanol–water partition coefficient (Wildman–Crippen LogP) is 3.25. The van der Waals surface area contributed by atoms with Gasteiger partial charge in [-0.25, -0.2) is 4.98 Å². The number of hydrogen-bond acceptors (Lipinski definition) is 4. The minimum absolute atomic E-state index is 0.408. The van der Waals surface area contributed by atoms with Crippen LogP contribution in [-0.4, -0.2) is 40.0 Å². The molecule has 0 bridgehead atoms. The highest BCUT2D eigenvalue weighted by molar-refractivity contribution is 5.75. The maximum absolute atomic E-state index is 4.87. The Morgan fingerprint density at radius 2 is 2.04 bits per heavy atom.